The van der Waals surface area contributed by atoms with Crippen LogP contribution in [0.1, 0.15) is 19.4 Å². The van der Waals surface area contributed by atoms with Gasteiger partial charge in [0.15, 0.2) is 0 Å². The molecule has 0 aromatic heterocycles. The van der Waals surface area contributed by atoms with Gasteiger partial charge in [-0.3, -0.25) is 4.79 Å². The van der Waals surface area contributed by atoms with Gasteiger partial charge in [0.25, 0.3) is 0 Å². The van der Waals surface area contributed by atoms with Crippen LogP contribution in [0.25, 0.3) is 0 Å². The summed E-state index contributed by atoms with van der Waals surface area (Å²) in [6.07, 6.45) is 0.0208. The minimum Gasteiger partial charge on any atom is -0.508 e. The van der Waals surface area contributed by atoms with Crippen molar-refractivity contribution in [3.63, 3.8) is 0 Å². The fraction of sp³-hybridized carbons (Fsp3) is 0.462. The summed E-state index contributed by atoms with van der Waals surface area (Å²) in [4.78, 5) is 11.2. The number of sulfonamides is 1. The van der Waals surface area contributed by atoms with Crippen LogP contribution in [0.2, 0.25) is 0 Å². The Morgan fingerprint density at radius 1 is 1.25 bits per heavy atom. The number of carboxylic acids is 1. The molecule has 3 N–H and O–H groups in total. The molecular formula is C13H19NO5S. The van der Waals surface area contributed by atoms with Gasteiger partial charge in [0, 0.05) is 0 Å². The minimum atomic E-state index is -3.63. The Morgan fingerprint density at radius 2 is 1.80 bits per heavy atom. The molecule has 0 aliphatic carbocycles. The Morgan fingerprint density at radius 3 is 2.25 bits per heavy atom. The minimum absolute atomic E-state index is 0.0208. The first-order valence-electron chi connectivity index (χ1n) is 6.20. The maximum Gasteiger partial charge on any atom is 0.322 e. The van der Waals surface area contributed by atoms with E-state index >= 15 is 0 Å². The van der Waals surface area contributed by atoms with Crippen molar-refractivity contribution in [3.8, 4) is 5.75 Å². The molecule has 1 unspecified atom stereocenters. The van der Waals surface area contributed by atoms with Gasteiger partial charge in [-0.25, -0.2) is 13.1 Å². The van der Waals surface area contributed by atoms with E-state index in [-0.39, 0.29) is 23.8 Å². The number of rotatable bonds is 7. The maximum absolute atomic E-state index is 11.8. The predicted octanol–water partition coefficient (Wildman–Crippen LogP) is 0.963. The van der Waals surface area contributed by atoms with Gasteiger partial charge in [0.05, 0.1) is 5.75 Å². The molecule has 0 aliphatic heterocycles. The lowest BCUT2D eigenvalue weighted by Crippen LogP contribution is -2.43. The van der Waals surface area contributed by atoms with E-state index in [1.54, 1.807) is 26.0 Å². The fourth-order valence-electron chi connectivity index (χ4n) is 1.75. The molecule has 0 fully saturated rings. The summed E-state index contributed by atoms with van der Waals surface area (Å²) < 4.78 is 25.8. The summed E-state index contributed by atoms with van der Waals surface area (Å²) >= 11 is 0. The van der Waals surface area contributed by atoms with Crippen LogP contribution < -0.4 is 4.72 Å². The van der Waals surface area contributed by atoms with Crippen molar-refractivity contribution in [1.82, 2.24) is 4.72 Å². The van der Waals surface area contributed by atoms with Crippen LogP contribution in [0, 0.1) is 5.92 Å². The van der Waals surface area contributed by atoms with Crippen molar-refractivity contribution in [2.24, 2.45) is 5.92 Å². The summed E-state index contributed by atoms with van der Waals surface area (Å²) in [5.41, 5.74) is 0.627. The number of benzene rings is 1. The fourth-order valence-corrected chi connectivity index (χ4v) is 3.34. The van der Waals surface area contributed by atoms with Crippen molar-refractivity contribution < 1.29 is 23.4 Å². The summed E-state index contributed by atoms with van der Waals surface area (Å²) in [5, 5.41) is 18.3. The van der Waals surface area contributed by atoms with Gasteiger partial charge in [-0.2, -0.15) is 0 Å². The number of phenolic OH excluding ortho intramolecular Hbond substituents is 1. The van der Waals surface area contributed by atoms with Crippen LogP contribution in [-0.2, 0) is 21.2 Å². The van der Waals surface area contributed by atoms with E-state index in [2.05, 4.69) is 4.72 Å². The third-order valence-electron chi connectivity index (χ3n) is 2.55. The Balaban J connectivity index is 2.80. The van der Waals surface area contributed by atoms with E-state index in [0.29, 0.717) is 5.56 Å². The molecule has 20 heavy (non-hydrogen) atoms. The molecule has 1 aromatic rings. The standard InChI is InChI=1S/C13H19NO5S/c1-9(2)8-20(18,19)14-12(13(16)17)7-10-3-5-11(15)6-4-10/h3-6,9,12,14-15H,7-8H2,1-2H3,(H,16,17). The molecule has 0 spiro atoms. The molecule has 0 saturated carbocycles. The molecule has 0 heterocycles. The predicted molar refractivity (Wildman–Crippen MR) is 75.0 cm³/mol. The van der Waals surface area contributed by atoms with Gasteiger partial charge >= 0.3 is 5.97 Å². The van der Waals surface area contributed by atoms with E-state index in [9.17, 15) is 13.2 Å². The van der Waals surface area contributed by atoms with Gasteiger partial charge in [0.2, 0.25) is 10.0 Å². The van der Waals surface area contributed by atoms with Crippen molar-refractivity contribution in [2.75, 3.05) is 5.75 Å². The average Bonchev–Trinajstić information content (AvgIpc) is 2.29. The zero-order valence-electron chi connectivity index (χ0n) is 11.4. The second-order valence-electron chi connectivity index (χ2n) is 5.05. The van der Waals surface area contributed by atoms with Gasteiger partial charge in [0.1, 0.15) is 11.8 Å². The van der Waals surface area contributed by atoms with E-state index in [1.165, 1.54) is 12.1 Å². The highest BCUT2D eigenvalue weighted by molar-refractivity contribution is 7.89. The zero-order valence-corrected chi connectivity index (χ0v) is 12.2. The number of aromatic hydroxyl groups is 1. The average molecular weight is 301 g/mol. The highest BCUT2D eigenvalue weighted by Crippen LogP contribution is 2.12. The molecular weight excluding hydrogens is 282 g/mol. The Bertz CT molecular complexity index is 551. The molecule has 1 rings (SSSR count). The number of hydrogen-bond donors (Lipinski definition) is 3. The third-order valence-corrected chi connectivity index (χ3v) is 4.30. The Hall–Kier alpha value is -1.60. The molecule has 0 amide bonds. The topological polar surface area (TPSA) is 104 Å². The van der Waals surface area contributed by atoms with Crippen molar-refractivity contribution in [3.05, 3.63) is 29.8 Å². The summed E-state index contributed by atoms with van der Waals surface area (Å²) in [6, 6.07) is 4.75. The highest BCUT2D eigenvalue weighted by atomic mass is 32.2. The normalized spacial score (nSPS) is 13.3. The lowest BCUT2D eigenvalue weighted by molar-refractivity contribution is -0.138. The molecule has 112 valence electrons. The van der Waals surface area contributed by atoms with Crippen LogP contribution in [-0.4, -0.2) is 36.4 Å². The summed E-state index contributed by atoms with van der Waals surface area (Å²) in [7, 11) is -3.63. The number of carbonyl (C=O) groups is 1. The Labute approximate surface area is 118 Å². The van der Waals surface area contributed by atoms with E-state index in [1.807, 2.05) is 0 Å². The number of aliphatic carboxylic acids is 1. The van der Waals surface area contributed by atoms with E-state index in [0.717, 1.165) is 0 Å². The van der Waals surface area contributed by atoms with E-state index in [4.69, 9.17) is 10.2 Å². The molecule has 0 radical (unpaired) electrons. The lowest BCUT2D eigenvalue weighted by Gasteiger charge is -2.16. The summed E-state index contributed by atoms with van der Waals surface area (Å²) in [6.45, 7) is 3.49. The van der Waals surface area contributed by atoms with Crippen LogP contribution in [0.3, 0.4) is 0 Å². The number of carboxylic acid groups (broad SMARTS) is 1. The first-order valence-corrected chi connectivity index (χ1v) is 7.85. The first-order chi connectivity index (χ1) is 9.19. The second kappa shape index (κ2) is 6.71. The van der Waals surface area contributed by atoms with Gasteiger partial charge < -0.3 is 10.2 Å². The van der Waals surface area contributed by atoms with Crippen LogP contribution >= 0.6 is 0 Å². The van der Waals surface area contributed by atoms with E-state index < -0.39 is 22.0 Å². The maximum atomic E-state index is 11.8. The molecule has 1 aromatic carbocycles. The van der Waals surface area contributed by atoms with Crippen molar-refractivity contribution in [1.29, 1.82) is 0 Å². The SMILES string of the molecule is CC(C)CS(=O)(=O)NC(Cc1ccc(O)cc1)C(=O)O. The molecule has 6 nitrogen and oxygen atoms in total. The number of phenols is 1. The van der Waals surface area contributed by atoms with Gasteiger partial charge in [-0.15, -0.1) is 0 Å². The quantitative estimate of drug-likeness (QED) is 0.696. The van der Waals surface area contributed by atoms with Crippen molar-refractivity contribution in [2.45, 2.75) is 26.3 Å². The monoisotopic (exact) mass is 301 g/mol. The molecule has 1 atom stereocenters. The van der Waals surface area contributed by atoms with Gasteiger partial charge in [-0.1, -0.05) is 26.0 Å². The second-order valence-corrected chi connectivity index (χ2v) is 6.85. The Kier molecular flexibility index (Phi) is 5.52. The summed E-state index contributed by atoms with van der Waals surface area (Å²) in [5.74, 6) is -1.37. The molecule has 7 heteroatoms. The van der Waals surface area contributed by atoms with Crippen LogP contribution in [0.15, 0.2) is 24.3 Å². The van der Waals surface area contributed by atoms with Crippen LogP contribution in [0.4, 0.5) is 0 Å². The zero-order chi connectivity index (χ0) is 15.3. The number of hydrogen-bond acceptors (Lipinski definition) is 4. The molecule has 0 aliphatic rings. The lowest BCUT2D eigenvalue weighted by atomic mass is 10.1. The smallest absolute Gasteiger partial charge is 0.322 e. The molecule has 0 bridgehead atoms. The first kappa shape index (κ1) is 16.5. The molecule has 0 saturated heterocycles. The van der Waals surface area contributed by atoms with Crippen molar-refractivity contribution >= 4 is 16.0 Å². The van der Waals surface area contributed by atoms with Crippen LogP contribution in [0.5, 0.6) is 5.75 Å². The third kappa shape index (κ3) is 5.58. The number of nitrogens with one attached hydrogen (secondary N) is 1. The highest BCUT2D eigenvalue weighted by Gasteiger charge is 2.24. The van der Waals surface area contributed by atoms with Gasteiger partial charge in [-0.05, 0) is 30.0 Å². The largest absolute Gasteiger partial charge is 0.508 e.